The molecule has 0 N–H and O–H groups in total. The van der Waals surface area contributed by atoms with Gasteiger partial charge < -0.3 is 9.64 Å². The monoisotopic (exact) mass is 436 g/mol. The predicted octanol–water partition coefficient (Wildman–Crippen LogP) is 2.34. The highest BCUT2D eigenvalue weighted by molar-refractivity contribution is 7.88. The van der Waals surface area contributed by atoms with Gasteiger partial charge >= 0.3 is 5.97 Å². The topological polar surface area (TPSA) is 84.0 Å². The fourth-order valence-corrected chi connectivity index (χ4v) is 5.96. The molecule has 0 unspecified atom stereocenters. The Morgan fingerprint density at radius 2 is 1.60 bits per heavy atom. The molecule has 2 fully saturated rings. The first-order chi connectivity index (χ1) is 14.3. The van der Waals surface area contributed by atoms with Crippen LogP contribution in [0.15, 0.2) is 24.3 Å². The molecule has 2 saturated heterocycles. The van der Waals surface area contributed by atoms with E-state index in [9.17, 15) is 18.0 Å². The van der Waals surface area contributed by atoms with Crippen molar-refractivity contribution in [3.8, 4) is 0 Å². The minimum Gasteiger partial charge on any atom is -0.466 e. The maximum Gasteiger partial charge on any atom is 0.309 e. The summed E-state index contributed by atoms with van der Waals surface area (Å²) < 4.78 is 32.3. The fraction of sp³-hybridized carbons (Fsp3) is 0.636. The number of benzene rings is 1. The number of carbonyl (C=O) groups is 2. The quantitative estimate of drug-likeness (QED) is 0.639. The third-order valence-corrected chi connectivity index (χ3v) is 8.05. The normalized spacial score (nSPS) is 19.6. The van der Waals surface area contributed by atoms with Crippen molar-refractivity contribution in [1.29, 1.82) is 0 Å². The number of ether oxygens (including phenoxy) is 1. The second-order valence-electron chi connectivity index (χ2n) is 8.21. The summed E-state index contributed by atoms with van der Waals surface area (Å²) >= 11 is 0. The van der Waals surface area contributed by atoms with Crippen molar-refractivity contribution in [2.45, 2.75) is 45.3 Å². The van der Waals surface area contributed by atoms with E-state index in [0.29, 0.717) is 58.5 Å². The van der Waals surface area contributed by atoms with Crippen LogP contribution in [0.1, 0.15) is 43.7 Å². The Balaban J connectivity index is 1.50. The van der Waals surface area contributed by atoms with E-state index >= 15 is 0 Å². The zero-order valence-corrected chi connectivity index (χ0v) is 18.7. The van der Waals surface area contributed by atoms with Crippen LogP contribution in [0.3, 0.4) is 0 Å². The maximum absolute atomic E-state index is 12.9. The number of nitrogens with zero attached hydrogens (tertiary/aromatic N) is 2. The molecule has 2 heterocycles. The molecular formula is C22H32N2O5S. The summed E-state index contributed by atoms with van der Waals surface area (Å²) in [6.07, 6.45) is 2.36. The molecule has 1 aromatic rings. The number of sulfonamides is 1. The van der Waals surface area contributed by atoms with Crippen LogP contribution in [0.5, 0.6) is 0 Å². The number of aryl methyl sites for hydroxylation is 1. The summed E-state index contributed by atoms with van der Waals surface area (Å²) in [7, 11) is -3.40. The molecule has 8 heteroatoms. The number of likely N-dealkylation sites (tertiary alicyclic amines) is 1. The number of piperidine rings is 2. The van der Waals surface area contributed by atoms with Crippen LogP contribution >= 0.6 is 0 Å². The van der Waals surface area contributed by atoms with Crippen molar-refractivity contribution in [1.82, 2.24) is 9.21 Å². The van der Waals surface area contributed by atoms with Crippen LogP contribution in [0.4, 0.5) is 0 Å². The van der Waals surface area contributed by atoms with Gasteiger partial charge in [0.15, 0.2) is 0 Å². The minimum atomic E-state index is -3.40. The van der Waals surface area contributed by atoms with E-state index < -0.39 is 10.0 Å². The molecule has 0 spiro atoms. The lowest BCUT2D eigenvalue weighted by atomic mass is 9.92. The van der Waals surface area contributed by atoms with Gasteiger partial charge in [0, 0.05) is 32.1 Å². The molecule has 2 aliphatic heterocycles. The molecule has 0 saturated carbocycles. The summed E-state index contributed by atoms with van der Waals surface area (Å²) in [5.41, 5.74) is 1.79. The number of esters is 1. The maximum atomic E-state index is 12.9. The Hall–Kier alpha value is -1.93. The van der Waals surface area contributed by atoms with Gasteiger partial charge in [-0.05, 0) is 50.7 Å². The third-order valence-electron chi connectivity index (χ3n) is 6.22. The van der Waals surface area contributed by atoms with Gasteiger partial charge in [-0.3, -0.25) is 9.59 Å². The van der Waals surface area contributed by atoms with Crippen molar-refractivity contribution in [2.24, 2.45) is 11.8 Å². The number of hydrogen-bond donors (Lipinski definition) is 0. The predicted molar refractivity (Wildman–Crippen MR) is 114 cm³/mol. The van der Waals surface area contributed by atoms with E-state index in [4.69, 9.17) is 4.74 Å². The average molecular weight is 437 g/mol. The van der Waals surface area contributed by atoms with Gasteiger partial charge in [0.05, 0.1) is 18.3 Å². The minimum absolute atomic E-state index is 0.000338. The highest BCUT2D eigenvalue weighted by Gasteiger charge is 2.35. The van der Waals surface area contributed by atoms with E-state index in [1.54, 1.807) is 6.92 Å². The first kappa shape index (κ1) is 22.7. The average Bonchev–Trinajstić information content (AvgIpc) is 2.75. The van der Waals surface area contributed by atoms with E-state index in [-0.39, 0.29) is 29.5 Å². The first-order valence-corrected chi connectivity index (χ1v) is 12.4. The van der Waals surface area contributed by atoms with Gasteiger partial charge in [-0.2, -0.15) is 0 Å². The molecule has 0 aliphatic carbocycles. The van der Waals surface area contributed by atoms with E-state index in [0.717, 1.165) is 11.1 Å². The molecule has 1 aromatic carbocycles. The molecule has 1 amide bonds. The third kappa shape index (κ3) is 5.40. The van der Waals surface area contributed by atoms with Crippen LogP contribution in [-0.2, 0) is 30.1 Å². The first-order valence-electron chi connectivity index (χ1n) is 10.8. The zero-order valence-electron chi connectivity index (χ0n) is 17.9. The molecule has 0 bridgehead atoms. The summed E-state index contributed by atoms with van der Waals surface area (Å²) in [6.45, 7) is 5.98. The Kier molecular flexibility index (Phi) is 7.52. The number of rotatable bonds is 6. The lowest BCUT2D eigenvalue weighted by molar-refractivity contribution is -0.152. The Morgan fingerprint density at radius 1 is 1.00 bits per heavy atom. The number of hydrogen-bond acceptors (Lipinski definition) is 5. The Bertz CT molecular complexity index is 854. The summed E-state index contributed by atoms with van der Waals surface area (Å²) in [5.74, 6) is -0.346. The smallest absolute Gasteiger partial charge is 0.309 e. The molecule has 0 aromatic heterocycles. The second-order valence-corrected chi connectivity index (χ2v) is 10.2. The van der Waals surface area contributed by atoms with Gasteiger partial charge in [-0.1, -0.05) is 24.3 Å². The van der Waals surface area contributed by atoms with E-state index in [1.165, 1.54) is 4.31 Å². The lowest BCUT2D eigenvalue weighted by Gasteiger charge is -2.36. The van der Waals surface area contributed by atoms with Crippen molar-refractivity contribution in [3.63, 3.8) is 0 Å². The Morgan fingerprint density at radius 3 is 2.20 bits per heavy atom. The van der Waals surface area contributed by atoms with Gasteiger partial charge in [0.2, 0.25) is 15.9 Å². The zero-order chi connectivity index (χ0) is 21.7. The highest BCUT2D eigenvalue weighted by atomic mass is 32.2. The summed E-state index contributed by atoms with van der Waals surface area (Å²) in [5, 5.41) is 0. The fourth-order valence-electron chi connectivity index (χ4n) is 4.29. The lowest BCUT2D eigenvalue weighted by Crippen LogP contribution is -2.47. The van der Waals surface area contributed by atoms with Crippen LogP contribution in [0.25, 0.3) is 0 Å². The molecule has 2 aliphatic rings. The van der Waals surface area contributed by atoms with Gasteiger partial charge in [-0.25, -0.2) is 12.7 Å². The molecule has 3 rings (SSSR count). The highest BCUT2D eigenvalue weighted by Crippen LogP contribution is 2.26. The summed E-state index contributed by atoms with van der Waals surface area (Å²) in [6, 6.07) is 7.52. The van der Waals surface area contributed by atoms with E-state index in [2.05, 4.69) is 0 Å². The summed E-state index contributed by atoms with van der Waals surface area (Å²) in [4.78, 5) is 26.6. The molecule has 7 nitrogen and oxygen atoms in total. The Labute approximate surface area is 179 Å². The number of carbonyl (C=O) groups excluding carboxylic acids is 2. The molecule has 30 heavy (non-hydrogen) atoms. The van der Waals surface area contributed by atoms with Gasteiger partial charge in [0.1, 0.15) is 0 Å². The molecule has 166 valence electrons. The van der Waals surface area contributed by atoms with E-state index in [1.807, 2.05) is 36.1 Å². The SMILES string of the molecule is CCOC(=O)C1CCN(C(=O)C2CCN(S(=O)(=O)Cc3ccccc3C)CC2)CC1. The van der Waals surface area contributed by atoms with Crippen molar-refractivity contribution in [2.75, 3.05) is 32.8 Å². The van der Waals surface area contributed by atoms with Crippen molar-refractivity contribution >= 4 is 21.9 Å². The van der Waals surface area contributed by atoms with Crippen molar-refractivity contribution in [3.05, 3.63) is 35.4 Å². The van der Waals surface area contributed by atoms with Crippen LogP contribution < -0.4 is 0 Å². The number of amides is 1. The van der Waals surface area contributed by atoms with Crippen LogP contribution in [0, 0.1) is 18.8 Å². The van der Waals surface area contributed by atoms with Gasteiger partial charge in [-0.15, -0.1) is 0 Å². The van der Waals surface area contributed by atoms with Crippen molar-refractivity contribution < 1.29 is 22.7 Å². The second kappa shape index (κ2) is 9.92. The van der Waals surface area contributed by atoms with Crippen LogP contribution in [0.2, 0.25) is 0 Å². The molecular weight excluding hydrogens is 404 g/mol. The van der Waals surface area contributed by atoms with Crippen LogP contribution in [-0.4, -0.2) is 62.3 Å². The largest absolute Gasteiger partial charge is 0.466 e. The van der Waals surface area contributed by atoms with Gasteiger partial charge in [0.25, 0.3) is 0 Å². The standard InChI is InChI=1S/C22H32N2O5S/c1-3-29-22(26)19-8-12-23(13-9-19)21(25)18-10-14-24(15-11-18)30(27,28)16-20-7-5-4-6-17(20)2/h4-7,18-19H,3,8-16H2,1-2H3. The molecule has 0 atom stereocenters. The molecule has 0 radical (unpaired) electrons.